The predicted molar refractivity (Wildman–Crippen MR) is 118 cm³/mol. The molecule has 3 aromatic rings. The van der Waals surface area contributed by atoms with Crippen molar-refractivity contribution in [3.8, 4) is 0 Å². The van der Waals surface area contributed by atoms with Gasteiger partial charge in [0.05, 0.1) is 10.6 Å². The molecule has 2 heterocycles. The molecular weight excluding hydrogens is 458 g/mol. The lowest BCUT2D eigenvalue weighted by atomic mass is 10.0. The van der Waals surface area contributed by atoms with Crippen molar-refractivity contribution >= 4 is 44.8 Å². The molecule has 31 heavy (non-hydrogen) atoms. The number of carbonyl (C=O) groups excluding carboxylic acids is 2. The van der Waals surface area contributed by atoms with Gasteiger partial charge in [-0.2, -0.15) is 4.31 Å². The van der Waals surface area contributed by atoms with Gasteiger partial charge >= 0.3 is 0 Å². The molecule has 0 saturated carbocycles. The van der Waals surface area contributed by atoms with Gasteiger partial charge in [-0.25, -0.2) is 8.42 Å². The van der Waals surface area contributed by atoms with E-state index in [9.17, 15) is 18.0 Å². The van der Waals surface area contributed by atoms with Gasteiger partial charge in [0.15, 0.2) is 0 Å². The lowest BCUT2D eigenvalue weighted by Gasteiger charge is -2.28. The van der Waals surface area contributed by atoms with Crippen molar-refractivity contribution in [3.05, 3.63) is 86.6 Å². The quantitative estimate of drug-likeness (QED) is 0.566. The molecule has 1 aliphatic rings. The first-order valence-corrected chi connectivity index (χ1v) is 12.1. The van der Waals surface area contributed by atoms with E-state index in [4.69, 9.17) is 11.6 Å². The van der Waals surface area contributed by atoms with Crippen LogP contribution >= 0.6 is 22.9 Å². The summed E-state index contributed by atoms with van der Waals surface area (Å²) in [6.45, 7) is 0.581. The molecule has 0 bridgehead atoms. The maximum atomic E-state index is 13.2. The average molecular weight is 476 g/mol. The smallest absolute Gasteiger partial charge is 0.267 e. The second-order valence-corrected chi connectivity index (χ2v) is 10.1. The van der Waals surface area contributed by atoms with E-state index in [0.29, 0.717) is 13.0 Å². The molecule has 1 aromatic heterocycles. The second kappa shape index (κ2) is 8.80. The molecule has 4 rings (SSSR count). The third-order valence-electron chi connectivity index (χ3n) is 4.96. The summed E-state index contributed by atoms with van der Waals surface area (Å²) in [5, 5.41) is 1.77. The number of carbonyl (C=O) groups is 2. The van der Waals surface area contributed by atoms with Crippen LogP contribution < -0.4 is 10.9 Å². The van der Waals surface area contributed by atoms with Crippen molar-refractivity contribution in [1.82, 2.24) is 15.2 Å². The Morgan fingerprint density at radius 2 is 1.61 bits per heavy atom. The van der Waals surface area contributed by atoms with E-state index in [0.717, 1.165) is 22.5 Å². The molecule has 0 aliphatic carbocycles. The number of thiophene rings is 1. The molecule has 1 aliphatic heterocycles. The molecule has 0 atom stereocenters. The topological polar surface area (TPSA) is 95.6 Å². The van der Waals surface area contributed by atoms with Gasteiger partial charge in [0.1, 0.15) is 9.77 Å². The normalized spacial score (nSPS) is 14.0. The van der Waals surface area contributed by atoms with Crippen LogP contribution in [-0.2, 0) is 23.0 Å². The fourth-order valence-electron chi connectivity index (χ4n) is 3.36. The zero-order valence-corrected chi connectivity index (χ0v) is 18.6. The van der Waals surface area contributed by atoms with Crippen LogP contribution in [0.15, 0.2) is 64.9 Å². The number of halogens is 1. The molecular formula is C21H18ClN3O4S2. The lowest BCUT2D eigenvalue weighted by molar-refractivity contribution is 0.0847. The summed E-state index contributed by atoms with van der Waals surface area (Å²) in [5.41, 5.74) is 6.81. The molecule has 0 unspecified atom stereocenters. The zero-order valence-electron chi connectivity index (χ0n) is 16.2. The van der Waals surface area contributed by atoms with Gasteiger partial charge in [-0.15, -0.1) is 11.3 Å². The van der Waals surface area contributed by atoms with E-state index in [-0.39, 0.29) is 26.9 Å². The number of hydrazine groups is 1. The lowest BCUT2D eigenvalue weighted by Crippen LogP contribution is -2.42. The van der Waals surface area contributed by atoms with E-state index >= 15 is 0 Å². The third kappa shape index (κ3) is 4.35. The summed E-state index contributed by atoms with van der Waals surface area (Å²) >= 11 is 6.97. The summed E-state index contributed by atoms with van der Waals surface area (Å²) in [6, 6.07) is 15.5. The molecule has 2 aromatic carbocycles. The summed E-state index contributed by atoms with van der Waals surface area (Å²) in [5.74, 6) is -1.32. The monoisotopic (exact) mass is 475 g/mol. The Morgan fingerprint density at radius 3 is 2.39 bits per heavy atom. The summed E-state index contributed by atoms with van der Waals surface area (Å²) in [4.78, 5) is 24.8. The second-order valence-electron chi connectivity index (χ2n) is 6.86. The van der Waals surface area contributed by atoms with Crippen LogP contribution in [0.2, 0.25) is 5.02 Å². The van der Waals surface area contributed by atoms with Gasteiger partial charge in [0.25, 0.3) is 11.8 Å². The van der Waals surface area contributed by atoms with Crippen molar-refractivity contribution in [2.75, 3.05) is 6.54 Å². The molecule has 2 N–H and O–H groups in total. The molecule has 0 spiro atoms. The first-order valence-electron chi connectivity index (χ1n) is 9.37. The number of hydrogen-bond donors (Lipinski definition) is 2. The van der Waals surface area contributed by atoms with Crippen molar-refractivity contribution in [2.45, 2.75) is 17.9 Å². The van der Waals surface area contributed by atoms with E-state index < -0.39 is 21.8 Å². The number of rotatable bonds is 4. The number of fused-ring (bicyclic) bond motifs is 1. The maximum Gasteiger partial charge on any atom is 0.281 e. The molecule has 2 amide bonds. The number of sulfonamides is 1. The minimum Gasteiger partial charge on any atom is -0.267 e. The Labute approximate surface area is 188 Å². The number of amides is 2. The Bertz CT molecular complexity index is 1260. The van der Waals surface area contributed by atoms with E-state index in [1.165, 1.54) is 21.8 Å². The number of nitrogens with zero attached hydrogens (tertiary/aromatic N) is 1. The van der Waals surface area contributed by atoms with Gasteiger partial charge in [0.2, 0.25) is 10.0 Å². The Balaban J connectivity index is 1.50. The largest absolute Gasteiger partial charge is 0.281 e. The Morgan fingerprint density at radius 1 is 0.935 bits per heavy atom. The van der Waals surface area contributed by atoms with Crippen LogP contribution in [0.5, 0.6) is 0 Å². The minimum absolute atomic E-state index is 0.00156. The van der Waals surface area contributed by atoms with Crippen LogP contribution in [0, 0.1) is 0 Å². The molecule has 0 saturated heterocycles. The van der Waals surface area contributed by atoms with Gasteiger partial charge in [-0.3, -0.25) is 20.4 Å². The summed E-state index contributed by atoms with van der Waals surface area (Å²) < 4.78 is 27.8. The predicted octanol–water partition coefficient (Wildman–Crippen LogP) is 3.22. The zero-order chi connectivity index (χ0) is 22.0. The van der Waals surface area contributed by atoms with Gasteiger partial charge < -0.3 is 0 Å². The highest BCUT2D eigenvalue weighted by atomic mass is 35.5. The third-order valence-corrected chi connectivity index (χ3v) is 8.22. The molecule has 160 valence electrons. The highest BCUT2D eigenvalue weighted by molar-refractivity contribution is 7.89. The SMILES string of the molecule is O=C(NNC(=O)c1sccc1S(=O)(=O)N1CCc2ccccc2C1)c1ccccc1Cl. The van der Waals surface area contributed by atoms with Crippen LogP contribution in [0.25, 0.3) is 0 Å². The number of nitrogens with one attached hydrogen (secondary N) is 2. The molecule has 7 nitrogen and oxygen atoms in total. The summed E-state index contributed by atoms with van der Waals surface area (Å²) in [6.07, 6.45) is 0.606. The molecule has 0 radical (unpaired) electrons. The first-order chi connectivity index (χ1) is 14.9. The van der Waals surface area contributed by atoms with E-state index in [1.54, 1.807) is 18.2 Å². The number of hydrogen-bond acceptors (Lipinski definition) is 5. The first kappa shape index (κ1) is 21.5. The van der Waals surface area contributed by atoms with Gasteiger partial charge in [-0.05, 0) is 41.1 Å². The van der Waals surface area contributed by atoms with E-state index in [2.05, 4.69) is 10.9 Å². The maximum absolute atomic E-state index is 13.2. The standard InChI is InChI=1S/C21H18ClN3O4S2/c22-17-8-4-3-7-16(17)20(26)23-24-21(27)19-18(10-12-30-19)31(28,29)25-11-9-14-5-1-2-6-15(14)13-25/h1-8,10,12H,9,11,13H2,(H,23,26)(H,24,27). The highest BCUT2D eigenvalue weighted by Gasteiger charge is 2.32. The van der Waals surface area contributed by atoms with Gasteiger partial charge in [-0.1, -0.05) is 48.0 Å². The van der Waals surface area contributed by atoms with Crippen molar-refractivity contribution in [1.29, 1.82) is 0 Å². The van der Waals surface area contributed by atoms with E-state index in [1.807, 2.05) is 24.3 Å². The van der Waals surface area contributed by atoms with Crippen LogP contribution in [0.4, 0.5) is 0 Å². The van der Waals surface area contributed by atoms with Crippen LogP contribution in [0.1, 0.15) is 31.2 Å². The Kier molecular flexibility index (Phi) is 6.10. The van der Waals surface area contributed by atoms with Crippen LogP contribution in [-0.4, -0.2) is 31.1 Å². The van der Waals surface area contributed by atoms with Crippen molar-refractivity contribution < 1.29 is 18.0 Å². The highest BCUT2D eigenvalue weighted by Crippen LogP contribution is 2.29. The Hall–Kier alpha value is -2.72. The molecule has 0 fully saturated rings. The van der Waals surface area contributed by atoms with Crippen molar-refractivity contribution in [2.24, 2.45) is 0 Å². The average Bonchev–Trinajstić information content (AvgIpc) is 3.28. The van der Waals surface area contributed by atoms with Crippen LogP contribution in [0.3, 0.4) is 0 Å². The fraction of sp³-hybridized carbons (Fsp3) is 0.143. The van der Waals surface area contributed by atoms with Crippen molar-refractivity contribution in [3.63, 3.8) is 0 Å². The summed E-state index contributed by atoms with van der Waals surface area (Å²) in [7, 11) is -3.89. The minimum atomic E-state index is -3.89. The molecule has 10 heteroatoms. The number of benzene rings is 2. The van der Waals surface area contributed by atoms with Gasteiger partial charge in [0, 0.05) is 13.1 Å². The fourth-order valence-corrected chi connectivity index (χ4v) is 6.30.